The molecule has 0 aliphatic carbocycles. The molecule has 0 amide bonds. The van der Waals surface area contributed by atoms with Crippen LogP contribution >= 0.6 is 23.1 Å². The van der Waals surface area contributed by atoms with Crippen LogP contribution in [0.5, 0.6) is 0 Å². The zero-order chi connectivity index (χ0) is 21.3. The van der Waals surface area contributed by atoms with Gasteiger partial charge in [0.2, 0.25) is 5.13 Å². The monoisotopic (exact) mass is 447 g/mol. The summed E-state index contributed by atoms with van der Waals surface area (Å²) in [5.41, 5.74) is 0.667. The lowest BCUT2D eigenvalue weighted by Crippen LogP contribution is -2.39. The van der Waals surface area contributed by atoms with Crippen molar-refractivity contribution in [1.82, 2.24) is 28.9 Å². The van der Waals surface area contributed by atoms with Crippen LogP contribution in [-0.2, 0) is 20.6 Å². The highest BCUT2D eigenvalue weighted by atomic mass is 32.2. The molecule has 0 spiro atoms. The van der Waals surface area contributed by atoms with E-state index in [-0.39, 0.29) is 17.1 Å². The summed E-state index contributed by atoms with van der Waals surface area (Å²) in [5.74, 6) is 0.331. The molecule has 0 saturated carbocycles. The Morgan fingerprint density at radius 1 is 1.23 bits per heavy atom. The number of fused-ring (bicyclic) bond motifs is 1. The van der Waals surface area contributed by atoms with E-state index in [4.69, 9.17) is 0 Å². The molecule has 0 aliphatic heterocycles. The predicted octanol–water partition coefficient (Wildman–Crippen LogP) is 2.35. The smallest absolute Gasteiger partial charge is 0.330 e. The Balaban J connectivity index is 1.38. The van der Waals surface area contributed by atoms with Crippen molar-refractivity contribution in [2.24, 2.45) is 14.1 Å². The van der Waals surface area contributed by atoms with Crippen molar-refractivity contribution < 1.29 is 4.39 Å². The molecule has 156 valence electrons. The third-order valence-corrected chi connectivity index (χ3v) is 6.49. The first-order valence-electron chi connectivity index (χ1n) is 9.04. The van der Waals surface area contributed by atoms with Crippen LogP contribution in [0.1, 0.15) is 6.42 Å². The number of thioether (sulfide) groups is 1. The van der Waals surface area contributed by atoms with Crippen molar-refractivity contribution in [2.45, 2.75) is 17.3 Å². The second kappa shape index (κ2) is 8.40. The van der Waals surface area contributed by atoms with E-state index in [0.717, 1.165) is 4.34 Å². The molecule has 0 radical (unpaired) electrons. The summed E-state index contributed by atoms with van der Waals surface area (Å²) in [4.78, 5) is 29.3. The summed E-state index contributed by atoms with van der Waals surface area (Å²) in [7, 11) is 3.34. The van der Waals surface area contributed by atoms with Crippen molar-refractivity contribution in [1.29, 1.82) is 0 Å². The van der Waals surface area contributed by atoms with Crippen molar-refractivity contribution in [3.05, 3.63) is 57.2 Å². The normalized spacial score (nSPS) is 11.3. The molecule has 0 saturated heterocycles. The first-order valence-corrected chi connectivity index (χ1v) is 10.8. The fourth-order valence-corrected chi connectivity index (χ4v) is 4.75. The molecular weight excluding hydrogens is 429 g/mol. The number of nitrogens with zero attached hydrogens (tertiary/aromatic N) is 6. The summed E-state index contributed by atoms with van der Waals surface area (Å²) < 4.78 is 18.3. The van der Waals surface area contributed by atoms with Gasteiger partial charge >= 0.3 is 5.69 Å². The van der Waals surface area contributed by atoms with Crippen molar-refractivity contribution >= 4 is 45.1 Å². The molecule has 30 heavy (non-hydrogen) atoms. The summed E-state index contributed by atoms with van der Waals surface area (Å²) in [6, 6.07) is 6.11. The number of aromatic nitrogens is 6. The SMILES string of the molecule is Cn1cnc2c1c(=O)n(CCCSc1nnc(Nc3cccc(F)c3)s1)c(=O)n2C. The van der Waals surface area contributed by atoms with Crippen LogP contribution in [0.3, 0.4) is 0 Å². The van der Waals surface area contributed by atoms with Gasteiger partial charge in [-0.3, -0.25) is 13.9 Å². The maximum absolute atomic E-state index is 13.3. The number of nitrogens with one attached hydrogen (secondary N) is 1. The Bertz CT molecular complexity index is 1320. The second-order valence-electron chi connectivity index (χ2n) is 6.54. The molecule has 1 aromatic carbocycles. The largest absolute Gasteiger partial charge is 0.332 e. The number of benzene rings is 1. The van der Waals surface area contributed by atoms with Crippen LogP contribution in [0, 0.1) is 5.82 Å². The van der Waals surface area contributed by atoms with Gasteiger partial charge in [0.1, 0.15) is 5.82 Å². The molecular formula is C18H18FN7O2S2. The van der Waals surface area contributed by atoms with Gasteiger partial charge in [0.25, 0.3) is 5.56 Å². The Kier molecular flexibility index (Phi) is 5.68. The van der Waals surface area contributed by atoms with Gasteiger partial charge in [0, 0.05) is 32.1 Å². The maximum atomic E-state index is 13.3. The third-order valence-electron chi connectivity index (χ3n) is 4.43. The van der Waals surface area contributed by atoms with E-state index < -0.39 is 0 Å². The number of hydrogen-bond donors (Lipinski definition) is 1. The third kappa shape index (κ3) is 4.00. The molecule has 0 fully saturated rings. The summed E-state index contributed by atoms with van der Waals surface area (Å²) in [6.45, 7) is 0.298. The molecule has 9 nitrogen and oxygen atoms in total. The van der Waals surface area contributed by atoms with Gasteiger partial charge in [-0.25, -0.2) is 14.2 Å². The fourth-order valence-electron chi connectivity index (χ4n) is 2.98. The van der Waals surface area contributed by atoms with E-state index in [1.165, 1.54) is 50.7 Å². The molecule has 1 N–H and O–H groups in total. The van der Waals surface area contributed by atoms with Crippen LogP contribution in [0.2, 0.25) is 0 Å². The minimum Gasteiger partial charge on any atom is -0.330 e. The fraction of sp³-hybridized carbons (Fsp3) is 0.278. The van der Waals surface area contributed by atoms with E-state index >= 15 is 0 Å². The highest BCUT2D eigenvalue weighted by molar-refractivity contribution is 8.01. The zero-order valence-corrected chi connectivity index (χ0v) is 17.8. The molecule has 0 atom stereocenters. The van der Waals surface area contributed by atoms with Crippen LogP contribution in [-0.4, -0.2) is 34.6 Å². The highest BCUT2D eigenvalue weighted by Crippen LogP contribution is 2.28. The van der Waals surface area contributed by atoms with E-state index in [1.807, 2.05) is 0 Å². The first kappa shape index (κ1) is 20.3. The lowest BCUT2D eigenvalue weighted by Gasteiger charge is -2.08. The number of hydrogen-bond acceptors (Lipinski definition) is 8. The maximum Gasteiger partial charge on any atom is 0.332 e. The summed E-state index contributed by atoms with van der Waals surface area (Å²) in [5, 5.41) is 11.7. The number of aryl methyl sites for hydroxylation is 2. The molecule has 3 aromatic heterocycles. The topological polar surface area (TPSA) is 99.6 Å². The molecule has 0 bridgehead atoms. The zero-order valence-electron chi connectivity index (χ0n) is 16.2. The Hall–Kier alpha value is -2.99. The number of halogens is 1. The summed E-state index contributed by atoms with van der Waals surface area (Å²) in [6.07, 6.45) is 2.13. The molecule has 0 unspecified atom stereocenters. The molecule has 3 heterocycles. The van der Waals surface area contributed by atoms with Gasteiger partial charge in [-0.2, -0.15) is 0 Å². The van der Waals surface area contributed by atoms with Crippen LogP contribution in [0.25, 0.3) is 11.2 Å². The minimum atomic E-state index is -0.381. The predicted molar refractivity (Wildman–Crippen MR) is 115 cm³/mol. The highest BCUT2D eigenvalue weighted by Gasteiger charge is 2.14. The van der Waals surface area contributed by atoms with Gasteiger partial charge in [0.15, 0.2) is 15.5 Å². The van der Waals surface area contributed by atoms with Crippen LogP contribution < -0.4 is 16.6 Å². The lowest BCUT2D eigenvalue weighted by molar-refractivity contribution is 0.594. The summed E-state index contributed by atoms with van der Waals surface area (Å²) >= 11 is 2.84. The van der Waals surface area contributed by atoms with Gasteiger partial charge in [0.05, 0.1) is 6.33 Å². The minimum absolute atomic E-state index is 0.298. The Morgan fingerprint density at radius 3 is 2.87 bits per heavy atom. The Labute approximate surface area is 178 Å². The number of anilines is 2. The van der Waals surface area contributed by atoms with Crippen molar-refractivity contribution in [2.75, 3.05) is 11.1 Å². The molecule has 12 heteroatoms. The number of imidazole rings is 1. The molecule has 4 rings (SSSR count). The quantitative estimate of drug-likeness (QED) is 0.343. The van der Waals surface area contributed by atoms with Crippen LogP contribution in [0.15, 0.2) is 44.5 Å². The average molecular weight is 448 g/mol. The van der Waals surface area contributed by atoms with Gasteiger partial charge < -0.3 is 9.88 Å². The van der Waals surface area contributed by atoms with Gasteiger partial charge in [-0.1, -0.05) is 29.2 Å². The van der Waals surface area contributed by atoms with Crippen molar-refractivity contribution in [3.8, 4) is 0 Å². The molecule has 4 aromatic rings. The second-order valence-corrected chi connectivity index (χ2v) is 8.86. The van der Waals surface area contributed by atoms with Gasteiger partial charge in [-0.15, -0.1) is 10.2 Å². The first-order chi connectivity index (χ1) is 14.4. The molecule has 0 aliphatic rings. The number of rotatable bonds is 7. The van der Waals surface area contributed by atoms with E-state index in [0.29, 0.717) is 40.7 Å². The van der Waals surface area contributed by atoms with Crippen LogP contribution in [0.4, 0.5) is 15.2 Å². The Morgan fingerprint density at radius 2 is 2.07 bits per heavy atom. The lowest BCUT2D eigenvalue weighted by atomic mass is 10.3. The van der Waals surface area contributed by atoms with Gasteiger partial charge in [-0.05, 0) is 24.6 Å². The standard InChI is InChI=1S/C18H18FN7O2S2/c1-24-10-20-14-13(24)15(27)26(18(28)25(14)2)7-4-8-29-17-23-22-16(30-17)21-12-6-3-5-11(19)9-12/h3,5-6,9-10H,4,7-8H2,1-2H3,(H,21,22). The van der Waals surface area contributed by atoms with Crippen molar-refractivity contribution in [3.63, 3.8) is 0 Å². The average Bonchev–Trinajstić information content (AvgIpc) is 3.32. The van der Waals surface area contributed by atoms with E-state index in [2.05, 4.69) is 20.5 Å². The van der Waals surface area contributed by atoms with E-state index in [1.54, 1.807) is 30.8 Å². The van der Waals surface area contributed by atoms with E-state index in [9.17, 15) is 14.0 Å².